The quantitative estimate of drug-likeness (QED) is 0.818. The molecule has 2 aromatic rings. The molecule has 0 saturated carbocycles. The first-order valence-corrected chi connectivity index (χ1v) is 8.21. The number of primary amides is 1. The molecule has 1 heterocycles. The summed E-state index contributed by atoms with van der Waals surface area (Å²) in [5, 5.41) is 4.95. The van der Waals surface area contributed by atoms with E-state index in [-0.39, 0.29) is 30.0 Å². The van der Waals surface area contributed by atoms with Gasteiger partial charge in [0, 0.05) is 4.88 Å². The zero-order valence-corrected chi connectivity index (χ0v) is 13.9. The molecule has 1 aromatic heterocycles. The Balaban J connectivity index is 1.99. The van der Waals surface area contributed by atoms with E-state index in [1.807, 2.05) is 31.4 Å². The summed E-state index contributed by atoms with van der Waals surface area (Å²) in [6, 6.07) is 10.5. The maximum Gasteiger partial charge on any atom is 0.258 e. The van der Waals surface area contributed by atoms with Crippen LogP contribution in [0, 0.1) is 5.92 Å². The first-order chi connectivity index (χ1) is 11.0. The van der Waals surface area contributed by atoms with Gasteiger partial charge in [0.15, 0.2) is 6.61 Å². The molecule has 0 unspecified atom stereocenters. The highest BCUT2D eigenvalue weighted by atomic mass is 32.1. The zero-order valence-electron chi connectivity index (χ0n) is 13.1. The Hall–Kier alpha value is -2.34. The van der Waals surface area contributed by atoms with Gasteiger partial charge in [0.2, 0.25) is 0 Å². The highest BCUT2D eigenvalue weighted by Gasteiger charge is 2.19. The number of nitrogens with two attached hydrogens (primary N) is 1. The third kappa shape index (κ3) is 4.56. The SMILES string of the molecule is CC(C)[C@H](NC(=O)COc1ccccc1C(N)=O)c1cccs1. The molecular formula is C17H20N2O3S. The Morgan fingerprint density at radius 3 is 2.57 bits per heavy atom. The first-order valence-electron chi connectivity index (χ1n) is 7.33. The molecule has 0 fully saturated rings. The number of ether oxygens (including phenoxy) is 1. The lowest BCUT2D eigenvalue weighted by molar-refractivity contribution is -0.124. The van der Waals surface area contributed by atoms with E-state index in [0.29, 0.717) is 5.75 Å². The molecule has 1 atom stereocenters. The lowest BCUT2D eigenvalue weighted by Gasteiger charge is -2.21. The summed E-state index contributed by atoms with van der Waals surface area (Å²) in [5.41, 5.74) is 5.55. The molecule has 122 valence electrons. The van der Waals surface area contributed by atoms with Crippen LogP contribution < -0.4 is 15.8 Å². The van der Waals surface area contributed by atoms with Gasteiger partial charge in [-0.3, -0.25) is 9.59 Å². The van der Waals surface area contributed by atoms with Gasteiger partial charge in [-0.2, -0.15) is 0 Å². The maximum atomic E-state index is 12.2. The molecule has 3 N–H and O–H groups in total. The number of nitrogens with one attached hydrogen (secondary N) is 1. The van der Waals surface area contributed by atoms with Crippen LogP contribution in [0.4, 0.5) is 0 Å². The summed E-state index contributed by atoms with van der Waals surface area (Å²) in [7, 11) is 0. The van der Waals surface area contributed by atoms with E-state index < -0.39 is 5.91 Å². The minimum atomic E-state index is -0.584. The molecule has 0 aliphatic heterocycles. The minimum Gasteiger partial charge on any atom is -0.483 e. The Labute approximate surface area is 139 Å². The number of carbonyl (C=O) groups excluding carboxylic acids is 2. The molecule has 0 aliphatic rings. The van der Waals surface area contributed by atoms with Crippen molar-refractivity contribution in [3.8, 4) is 5.75 Å². The normalized spacial score (nSPS) is 12.0. The average Bonchev–Trinajstić information content (AvgIpc) is 3.04. The number of thiophene rings is 1. The second-order valence-electron chi connectivity index (χ2n) is 5.45. The van der Waals surface area contributed by atoms with E-state index in [2.05, 4.69) is 5.32 Å². The van der Waals surface area contributed by atoms with Gasteiger partial charge in [-0.25, -0.2) is 0 Å². The van der Waals surface area contributed by atoms with Gasteiger partial charge in [0.1, 0.15) is 5.75 Å². The molecule has 2 amide bonds. The molecule has 1 aromatic carbocycles. The second kappa shape index (κ2) is 7.78. The van der Waals surface area contributed by atoms with E-state index in [9.17, 15) is 9.59 Å². The molecule has 2 rings (SSSR count). The molecule has 6 heteroatoms. The molecule has 0 bridgehead atoms. The minimum absolute atomic E-state index is 0.0579. The van der Waals surface area contributed by atoms with Crippen molar-refractivity contribution >= 4 is 23.2 Å². The molecule has 5 nitrogen and oxygen atoms in total. The lowest BCUT2D eigenvalue weighted by Crippen LogP contribution is -2.35. The predicted molar refractivity (Wildman–Crippen MR) is 90.5 cm³/mol. The number of rotatable bonds is 7. The topological polar surface area (TPSA) is 81.4 Å². The summed E-state index contributed by atoms with van der Waals surface area (Å²) in [6.45, 7) is 3.93. The summed E-state index contributed by atoms with van der Waals surface area (Å²) in [6.07, 6.45) is 0. The van der Waals surface area contributed by atoms with Crippen molar-refractivity contribution < 1.29 is 14.3 Å². The summed E-state index contributed by atoms with van der Waals surface area (Å²) in [4.78, 5) is 24.6. The van der Waals surface area contributed by atoms with Crippen molar-refractivity contribution in [2.24, 2.45) is 11.7 Å². The fourth-order valence-corrected chi connectivity index (χ4v) is 3.14. The number of carbonyl (C=O) groups is 2. The van der Waals surface area contributed by atoms with Crippen LogP contribution in [-0.2, 0) is 4.79 Å². The van der Waals surface area contributed by atoms with Gasteiger partial charge in [0.25, 0.3) is 11.8 Å². The van der Waals surface area contributed by atoms with E-state index >= 15 is 0 Å². The van der Waals surface area contributed by atoms with Crippen molar-refractivity contribution in [1.29, 1.82) is 0 Å². The number of para-hydroxylation sites is 1. The van der Waals surface area contributed by atoms with Gasteiger partial charge >= 0.3 is 0 Å². The Bertz CT molecular complexity index is 668. The summed E-state index contributed by atoms with van der Waals surface area (Å²) >= 11 is 1.61. The Morgan fingerprint density at radius 2 is 1.96 bits per heavy atom. The fraction of sp³-hybridized carbons (Fsp3) is 0.294. The van der Waals surface area contributed by atoms with Gasteiger partial charge in [-0.1, -0.05) is 32.0 Å². The van der Waals surface area contributed by atoms with E-state index in [1.165, 1.54) is 0 Å². The van der Waals surface area contributed by atoms with Crippen LogP contribution >= 0.6 is 11.3 Å². The molecule has 0 radical (unpaired) electrons. The van der Waals surface area contributed by atoms with Crippen LogP contribution in [0.5, 0.6) is 5.75 Å². The summed E-state index contributed by atoms with van der Waals surface area (Å²) in [5.74, 6) is -0.251. The van der Waals surface area contributed by atoms with Crippen molar-refractivity contribution in [1.82, 2.24) is 5.32 Å². The number of benzene rings is 1. The Kier molecular flexibility index (Phi) is 5.76. The van der Waals surface area contributed by atoms with Crippen molar-refractivity contribution in [2.75, 3.05) is 6.61 Å². The number of hydrogen-bond donors (Lipinski definition) is 2. The van der Waals surface area contributed by atoms with Gasteiger partial charge in [-0.15, -0.1) is 11.3 Å². The molecular weight excluding hydrogens is 312 g/mol. The smallest absolute Gasteiger partial charge is 0.258 e. The highest BCUT2D eigenvalue weighted by molar-refractivity contribution is 7.10. The van der Waals surface area contributed by atoms with Crippen molar-refractivity contribution in [3.05, 3.63) is 52.2 Å². The van der Waals surface area contributed by atoms with Gasteiger partial charge < -0.3 is 15.8 Å². The van der Waals surface area contributed by atoms with Crippen LogP contribution in [0.25, 0.3) is 0 Å². The maximum absolute atomic E-state index is 12.2. The lowest BCUT2D eigenvalue weighted by atomic mass is 10.0. The largest absolute Gasteiger partial charge is 0.483 e. The Morgan fingerprint density at radius 1 is 1.22 bits per heavy atom. The number of hydrogen-bond acceptors (Lipinski definition) is 4. The standard InChI is InChI=1S/C17H20N2O3S/c1-11(2)16(14-8-5-9-23-14)19-15(20)10-22-13-7-4-3-6-12(13)17(18)21/h3-9,11,16H,10H2,1-2H3,(H2,18,21)(H,19,20)/t16-/m0/s1. The van der Waals surface area contributed by atoms with Crippen molar-refractivity contribution in [3.63, 3.8) is 0 Å². The second-order valence-corrected chi connectivity index (χ2v) is 6.43. The molecule has 0 aliphatic carbocycles. The van der Waals surface area contributed by atoms with Crippen LogP contribution in [0.3, 0.4) is 0 Å². The van der Waals surface area contributed by atoms with Gasteiger partial charge in [-0.05, 0) is 29.5 Å². The van der Waals surface area contributed by atoms with Crippen molar-refractivity contribution in [2.45, 2.75) is 19.9 Å². The molecule has 0 saturated heterocycles. The molecule has 0 spiro atoms. The monoisotopic (exact) mass is 332 g/mol. The zero-order chi connectivity index (χ0) is 16.8. The highest BCUT2D eigenvalue weighted by Crippen LogP contribution is 2.25. The van der Waals surface area contributed by atoms with Crippen LogP contribution in [0.2, 0.25) is 0 Å². The first kappa shape index (κ1) is 17.0. The third-order valence-corrected chi connectivity index (χ3v) is 4.30. The molecule has 23 heavy (non-hydrogen) atoms. The van der Waals surface area contributed by atoms with E-state index in [4.69, 9.17) is 10.5 Å². The van der Waals surface area contributed by atoms with Gasteiger partial charge in [0.05, 0.1) is 11.6 Å². The van der Waals surface area contributed by atoms with Crippen LogP contribution in [0.15, 0.2) is 41.8 Å². The third-order valence-electron chi connectivity index (χ3n) is 3.34. The van der Waals surface area contributed by atoms with E-state index in [1.54, 1.807) is 35.6 Å². The fourth-order valence-electron chi connectivity index (χ4n) is 2.19. The van der Waals surface area contributed by atoms with Crippen LogP contribution in [-0.4, -0.2) is 18.4 Å². The predicted octanol–water partition coefficient (Wildman–Crippen LogP) is 2.74. The van der Waals surface area contributed by atoms with E-state index in [0.717, 1.165) is 4.88 Å². The number of amides is 2. The summed E-state index contributed by atoms with van der Waals surface area (Å²) < 4.78 is 5.45. The van der Waals surface area contributed by atoms with Crippen LogP contribution in [0.1, 0.15) is 35.1 Å². The average molecular weight is 332 g/mol.